The van der Waals surface area contributed by atoms with Crippen molar-refractivity contribution in [3.8, 4) is 0 Å². The van der Waals surface area contributed by atoms with Gasteiger partial charge in [-0.2, -0.15) is 0 Å². The Morgan fingerprint density at radius 1 is 1.21 bits per heavy atom. The van der Waals surface area contributed by atoms with E-state index in [1.54, 1.807) is 38.1 Å². The summed E-state index contributed by atoms with van der Waals surface area (Å²) < 4.78 is 4.75. The first-order valence-electron chi connectivity index (χ1n) is 6.10. The lowest BCUT2D eigenvalue weighted by molar-refractivity contribution is -0.137. The Hall–Kier alpha value is -2.24. The molecule has 1 aromatic carbocycles. The van der Waals surface area contributed by atoms with Crippen LogP contribution >= 0.6 is 0 Å². The van der Waals surface area contributed by atoms with Gasteiger partial charge in [0.15, 0.2) is 0 Å². The highest BCUT2D eigenvalue weighted by Gasteiger charge is 2.14. The number of carboxylic acids is 1. The van der Waals surface area contributed by atoms with E-state index in [0.717, 1.165) is 0 Å². The van der Waals surface area contributed by atoms with Crippen molar-refractivity contribution in [2.24, 2.45) is 0 Å². The quantitative estimate of drug-likeness (QED) is 0.736. The van der Waals surface area contributed by atoms with Crippen molar-refractivity contribution in [1.82, 2.24) is 0 Å². The molecule has 0 spiro atoms. The van der Waals surface area contributed by atoms with Gasteiger partial charge in [-0.3, -0.25) is 5.32 Å². The number of nitrogens with one attached hydrogen (secondary N) is 2. The first kappa shape index (κ1) is 14.8. The lowest BCUT2D eigenvalue weighted by atomic mass is 10.2. The minimum atomic E-state index is -0.892. The standard InChI is InChI=1S/C13H18N2O4/c1-3-11(12(16)17)14-9-5-7-10(8-6-9)15-13(18)19-4-2/h5-8,11,14H,3-4H2,1-2H3,(H,15,18)(H,16,17). The fourth-order valence-electron chi connectivity index (χ4n) is 1.47. The SMILES string of the molecule is CCOC(=O)Nc1ccc(NC(CC)C(=O)O)cc1. The average molecular weight is 266 g/mol. The second kappa shape index (κ2) is 7.25. The third-order valence-electron chi connectivity index (χ3n) is 2.45. The first-order valence-corrected chi connectivity index (χ1v) is 6.10. The van der Waals surface area contributed by atoms with E-state index < -0.39 is 18.1 Å². The van der Waals surface area contributed by atoms with E-state index in [1.807, 2.05) is 0 Å². The molecule has 0 aliphatic heterocycles. The maximum atomic E-state index is 11.2. The molecule has 6 heteroatoms. The first-order chi connectivity index (χ1) is 9.06. The molecule has 0 aromatic heterocycles. The Morgan fingerprint density at radius 2 is 1.79 bits per heavy atom. The Labute approximate surface area is 111 Å². The summed E-state index contributed by atoms with van der Waals surface area (Å²) in [6.45, 7) is 3.83. The van der Waals surface area contributed by atoms with Crippen LogP contribution in [-0.2, 0) is 9.53 Å². The number of carbonyl (C=O) groups excluding carboxylic acids is 1. The molecule has 0 radical (unpaired) electrons. The summed E-state index contributed by atoms with van der Waals surface area (Å²) in [5.74, 6) is -0.892. The van der Waals surface area contributed by atoms with Crippen LogP contribution in [-0.4, -0.2) is 29.8 Å². The van der Waals surface area contributed by atoms with Crippen molar-refractivity contribution in [1.29, 1.82) is 0 Å². The van der Waals surface area contributed by atoms with Gasteiger partial charge in [-0.25, -0.2) is 9.59 Å². The van der Waals surface area contributed by atoms with Gasteiger partial charge < -0.3 is 15.2 Å². The van der Waals surface area contributed by atoms with E-state index in [1.165, 1.54) is 0 Å². The molecule has 1 unspecified atom stereocenters. The summed E-state index contributed by atoms with van der Waals surface area (Å²) in [6, 6.07) is 6.13. The summed E-state index contributed by atoms with van der Waals surface area (Å²) in [7, 11) is 0. The highest BCUT2D eigenvalue weighted by molar-refractivity contribution is 5.85. The number of aliphatic carboxylic acids is 1. The third-order valence-corrected chi connectivity index (χ3v) is 2.45. The molecule has 0 bridgehead atoms. The molecule has 0 heterocycles. The van der Waals surface area contributed by atoms with Crippen molar-refractivity contribution in [2.75, 3.05) is 17.2 Å². The fourth-order valence-corrected chi connectivity index (χ4v) is 1.47. The van der Waals surface area contributed by atoms with Gasteiger partial charge in [0.05, 0.1) is 6.61 Å². The number of rotatable bonds is 6. The zero-order valence-corrected chi connectivity index (χ0v) is 11.0. The minimum absolute atomic E-state index is 0.308. The van der Waals surface area contributed by atoms with Gasteiger partial charge in [-0.05, 0) is 37.6 Å². The largest absolute Gasteiger partial charge is 0.480 e. The molecule has 0 saturated heterocycles. The van der Waals surface area contributed by atoms with Gasteiger partial charge >= 0.3 is 12.1 Å². The number of ether oxygens (including phenoxy) is 1. The second-order valence-electron chi connectivity index (χ2n) is 3.87. The van der Waals surface area contributed by atoms with Gasteiger partial charge in [0, 0.05) is 11.4 Å². The van der Waals surface area contributed by atoms with Gasteiger partial charge in [-0.15, -0.1) is 0 Å². The van der Waals surface area contributed by atoms with Gasteiger partial charge in [-0.1, -0.05) is 6.92 Å². The maximum Gasteiger partial charge on any atom is 0.411 e. The molecule has 104 valence electrons. The molecule has 1 atom stereocenters. The molecular formula is C13H18N2O4. The highest BCUT2D eigenvalue weighted by atomic mass is 16.5. The summed E-state index contributed by atoms with van der Waals surface area (Å²) in [5, 5.41) is 14.4. The number of anilines is 2. The van der Waals surface area contributed by atoms with E-state index in [-0.39, 0.29) is 0 Å². The Morgan fingerprint density at radius 3 is 2.26 bits per heavy atom. The number of hydrogen-bond donors (Lipinski definition) is 3. The monoisotopic (exact) mass is 266 g/mol. The lowest BCUT2D eigenvalue weighted by Crippen LogP contribution is -2.28. The summed E-state index contributed by atoms with van der Waals surface area (Å²) >= 11 is 0. The number of hydrogen-bond acceptors (Lipinski definition) is 4. The molecule has 19 heavy (non-hydrogen) atoms. The smallest absolute Gasteiger partial charge is 0.411 e. The molecule has 0 fully saturated rings. The highest BCUT2D eigenvalue weighted by Crippen LogP contribution is 2.15. The fraction of sp³-hybridized carbons (Fsp3) is 0.385. The third kappa shape index (κ3) is 4.87. The van der Waals surface area contributed by atoms with Crippen LogP contribution in [0.2, 0.25) is 0 Å². The molecule has 1 amide bonds. The molecule has 1 aromatic rings. The number of carboxylic acid groups (broad SMARTS) is 1. The average Bonchev–Trinajstić information content (AvgIpc) is 2.37. The van der Waals surface area contributed by atoms with Crippen LogP contribution in [0, 0.1) is 0 Å². The van der Waals surface area contributed by atoms with Crippen molar-refractivity contribution in [3.63, 3.8) is 0 Å². The summed E-state index contributed by atoms with van der Waals surface area (Å²) in [6.07, 6.45) is -0.0294. The summed E-state index contributed by atoms with van der Waals surface area (Å²) in [5.41, 5.74) is 1.27. The number of amides is 1. The van der Waals surface area contributed by atoms with Gasteiger partial charge in [0.1, 0.15) is 6.04 Å². The topological polar surface area (TPSA) is 87.7 Å². The number of carbonyl (C=O) groups is 2. The second-order valence-corrected chi connectivity index (χ2v) is 3.87. The van der Waals surface area contributed by atoms with Gasteiger partial charge in [0.25, 0.3) is 0 Å². The number of benzene rings is 1. The predicted octanol–water partition coefficient (Wildman–Crippen LogP) is 2.53. The van der Waals surface area contributed by atoms with Crippen LogP contribution in [0.1, 0.15) is 20.3 Å². The molecule has 1 rings (SSSR count). The van der Waals surface area contributed by atoms with E-state index in [9.17, 15) is 9.59 Å². The summed E-state index contributed by atoms with van der Waals surface area (Å²) in [4.78, 5) is 22.1. The van der Waals surface area contributed by atoms with Crippen LogP contribution in [0.15, 0.2) is 24.3 Å². The molecular weight excluding hydrogens is 248 g/mol. The zero-order chi connectivity index (χ0) is 14.3. The van der Waals surface area contributed by atoms with Crippen LogP contribution in [0.3, 0.4) is 0 Å². The van der Waals surface area contributed by atoms with Crippen molar-refractivity contribution >= 4 is 23.4 Å². The van der Waals surface area contributed by atoms with Crippen molar-refractivity contribution in [3.05, 3.63) is 24.3 Å². The van der Waals surface area contributed by atoms with E-state index >= 15 is 0 Å². The molecule has 3 N–H and O–H groups in total. The lowest BCUT2D eigenvalue weighted by Gasteiger charge is -2.14. The van der Waals surface area contributed by atoms with E-state index in [0.29, 0.717) is 24.4 Å². The Balaban J connectivity index is 2.61. The van der Waals surface area contributed by atoms with Crippen LogP contribution < -0.4 is 10.6 Å². The van der Waals surface area contributed by atoms with E-state index in [2.05, 4.69) is 10.6 Å². The van der Waals surface area contributed by atoms with Crippen molar-refractivity contribution < 1.29 is 19.4 Å². The minimum Gasteiger partial charge on any atom is -0.480 e. The van der Waals surface area contributed by atoms with E-state index in [4.69, 9.17) is 9.84 Å². The molecule has 0 saturated carbocycles. The zero-order valence-electron chi connectivity index (χ0n) is 11.0. The van der Waals surface area contributed by atoms with Gasteiger partial charge in [0.2, 0.25) is 0 Å². The van der Waals surface area contributed by atoms with Crippen LogP contribution in [0.25, 0.3) is 0 Å². The van der Waals surface area contributed by atoms with Crippen LogP contribution in [0.5, 0.6) is 0 Å². The Kier molecular flexibility index (Phi) is 5.66. The molecule has 6 nitrogen and oxygen atoms in total. The maximum absolute atomic E-state index is 11.2. The van der Waals surface area contributed by atoms with Crippen molar-refractivity contribution in [2.45, 2.75) is 26.3 Å². The Bertz CT molecular complexity index is 431. The molecule has 0 aliphatic rings. The normalized spacial score (nSPS) is 11.5. The molecule has 0 aliphatic carbocycles. The predicted molar refractivity (Wildman–Crippen MR) is 72.4 cm³/mol. The van der Waals surface area contributed by atoms with Crippen LogP contribution in [0.4, 0.5) is 16.2 Å².